The van der Waals surface area contributed by atoms with Crippen molar-refractivity contribution < 1.29 is 22.6 Å². The number of benzene rings is 1. The summed E-state index contributed by atoms with van der Waals surface area (Å²) in [5.74, 6) is 0.470. The number of nitrogens with two attached hydrogens (primary N) is 1. The van der Waals surface area contributed by atoms with Gasteiger partial charge in [0.1, 0.15) is 5.75 Å². The summed E-state index contributed by atoms with van der Waals surface area (Å²) in [5.41, 5.74) is 6.41. The van der Waals surface area contributed by atoms with Crippen LogP contribution in [0.1, 0.15) is 19.4 Å². The number of nitrogens with zero attached hydrogens (tertiary/aromatic N) is 1. The summed E-state index contributed by atoms with van der Waals surface area (Å²) >= 11 is 0. The summed E-state index contributed by atoms with van der Waals surface area (Å²) in [4.78, 5) is 4.10. The predicted molar refractivity (Wildman–Crippen MR) is 82.1 cm³/mol. The third kappa shape index (κ3) is 9.62. The van der Waals surface area contributed by atoms with Crippen molar-refractivity contribution in [3.05, 3.63) is 29.8 Å². The maximum Gasteiger partial charge on any atom is 0.573 e. The van der Waals surface area contributed by atoms with Crippen LogP contribution in [0.4, 0.5) is 13.2 Å². The predicted octanol–water partition coefficient (Wildman–Crippen LogP) is 2.66. The van der Waals surface area contributed by atoms with E-state index in [4.69, 9.17) is 10.5 Å². The Morgan fingerprint density at radius 1 is 1.26 bits per heavy atom. The monoisotopic (exact) mass is 333 g/mol. The van der Waals surface area contributed by atoms with Gasteiger partial charge in [-0.1, -0.05) is 26.0 Å². The number of aliphatic imine (C=N–C) groups is 1. The Labute approximate surface area is 133 Å². The van der Waals surface area contributed by atoms with Crippen LogP contribution in [0.15, 0.2) is 29.3 Å². The van der Waals surface area contributed by atoms with Crippen LogP contribution in [0, 0.1) is 5.92 Å². The second-order valence-electron chi connectivity index (χ2n) is 5.29. The van der Waals surface area contributed by atoms with Crippen LogP contribution >= 0.6 is 0 Å². The summed E-state index contributed by atoms with van der Waals surface area (Å²) in [6, 6.07) is 5.48. The average molecular weight is 333 g/mol. The van der Waals surface area contributed by atoms with E-state index in [2.05, 4.69) is 28.9 Å². The Hall–Kier alpha value is -1.96. The molecule has 0 saturated heterocycles. The van der Waals surface area contributed by atoms with Gasteiger partial charge in [0.05, 0.1) is 13.2 Å². The minimum atomic E-state index is -4.69. The van der Waals surface area contributed by atoms with Crippen molar-refractivity contribution in [2.75, 3.05) is 19.8 Å². The van der Waals surface area contributed by atoms with Crippen molar-refractivity contribution in [2.45, 2.75) is 26.8 Å². The molecule has 1 aromatic carbocycles. The molecule has 0 saturated carbocycles. The van der Waals surface area contributed by atoms with Crippen LogP contribution in [0.3, 0.4) is 0 Å². The molecule has 3 N–H and O–H groups in total. The highest BCUT2D eigenvalue weighted by Gasteiger charge is 2.30. The summed E-state index contributed by atoms with van der Waals surface area (Å²) < 4.78 is 45.3. The highest BCUT2D eigenvalue weighted by molar-refractivity contribution is 5.77. The number of alkyl halides is 3. The molecule has 0 aliphatic rings. The Balaban J connectivity index is 2.32. The number of hydrogen-bond donors (Lipinski definition) is 2. The average Bonchev–Trinajstić information content (AvgIpc) is 2.44. The molecule has 0 aromatic heterocycles. The van der Waals surface area contributed by atoms with Crippen molar-refractivity contribution >= 4 is 5.96 Å². The van der Waals surface area contributed by atoms with Gasteiger partial charge in [0.2, 0.25) is 0 Å². The molecular formula is C15H22F3N3O2. The van der Waals surface area contributed by atoms with E-state index in [1.807, 2.05) is 0 Å². The lowest BCUT2D eigenvalue weighted by Gasteiger charge is -2.09. The first-order chi connectivity index (χ1) is 10.8. The van der Waals surface area contributed by atoms with Crippen molar-refractivity contribution in [3.8, 4) is 5.75 Å². The molecule has 0 atom stereocenters. The third-order valence-corrected chi connectivity index (χ3v) is 2.59. The fourth-order valence-corrected chi connectivity index (χ4v) is 1.60. The molecule has 130 valence electrons. The van der Waals surface area contributed by atoms with Crippen LogP contribution in [-0.2, 0) is 11.3 Å². The van der Waals surface area contributed by atoms with Gasteiger partial charge in [-0.25, -0.2) is 4.99 Å². The maximum atomic E-state index is 12.0. The van der Waals surface area contributed by atoms with E-state index in [1.165, 1.54) is 24.3 Å². The number of guanidine groups is 1. The summed E-state index contributed by atoms with van der Waals surface area (Å²) in [6.07, 6.45) is -4.69. The standard InChI is InChI=1S/C15H22F3N3O2/c1-11(2)10-22-8-7-20-14(19)21-9-12-3-5-13(6-4-12)23-15(16,17)18/h3-6,11H,7-10H2,1-2H3,(H3,19,20,21). The van der Waals surface area contributed by atoms with Crippen molar-refractivity contribution in [3.63, 3.8) is 0 Å². The van der Waals surface area contributed by atoms with E-state index in [0.717, 1.165) is 5.56 Å². The van der Waals surface area contributed by atoms with Gasteiger partial charge in [-0.3, -0.25) is 0 Å². The maximum absolute atomic E-state index is 12.0. The van der Waals surface area contributed by atoms with Gasteiger partial charge in [0.25, 0.3) is 0 Å². The fraction of sp³-hybridized carbons (Fsp3) is 0.533. The Morgan fingerprint density at radius 2 is 1.91 bits per heavy atom. The Kier molecular flexibility index (Phi) is 7.67. The molecule has 5 nitrogen and oxygen atoms in total. The number of nitrogens with one attached hydrogen (secondary N) is 1. The van der Waals surface area contributed by atoms with E-state index in [1.54, 1.807) is 0 Å². The van der Waals surface area contributed by atoms with Crippen molar-refractivity contribution in [2.24, 2.45) is 16.6 Å². The zero-order valence-electron chi connectivity index (χ0n) is 13.2. The molecular weight excluding hydrogens is 311 g/mol. The van der Waals surface area contributed by atoms with Gasteiger partial charge < -0.3 is 20.5 Å². The van der Waals surface area contributed by atoms with Crippen LogP contribution < -0.4 is 15.8 Å². The molecule has 0 radical (unpaired) electrons. The summed E-state index contributed by atoms with van der Waals surface area (Å²) in [6.45, 7) is 6.14. The lowest BCUT2D eigenvalue weighted by Crippen LogP contribution is -2.34. The van der Waals surface area contributed by atoms with Crippen molar-refractivity contribution in [1.82, 2.24) is 5.32 Å². The second kappa shape index (κ2) is 9.24. The first-order valence-electron chi connectivity index (χ1n) is 7.22. The first-order valence-corrected chi connectivity index (χ1v) is 7.22. The van der Waals surface area contributed by atoms with Gasteiger partial charge >= 0.3 is 6.36 Å². The van der Waals surface area contributed by atoms with E-state index >= 15 is 0 Å². The molecule has 0 amide bonds. The summed E-state index contributed by atoms with van der Waals surface area (Å²) in [5, 5.41) is 2.90. The Bertz CT molecular complexity index is 488. The topological polar surface area (TPSA) is 68.9 Å². The highest BCUT2D eigenvalue weighted by Crippen LogP contribution is 2.22. The van der Waals surface area contributed by atoms with Crippen LogP contribution in [-0.4, -0.2) is 32.1 Å². The zero-order valence-corrected chi connectivity index (χ0v) is 13.2. The Morgan fingerprint density at radius 3 is 2.48 bits per heavy atom. The van der Waals surface area contributed by atoms with Gasteiger partial charge in [0.15, 0.2) is 5.96 Å². The molecule has 0 spiro atoms. The van der Waals surface area contributed by atoms with Gasteiger partial charge in [-0.05, 0) is 23.6 Å². The quantitative estimate of drug-likeness (QED) is 0.436. The molecule has 1 aromatic rings. The van der Waals surface area contributed by atoms with E-state index in [0.29, 0.717) is 25.7 Å². The third-order valence-electron chi connectivity index (χ3n) is 2.59. The molecule has 0 unspecified atom stereocenters. The lowest BCUT2D eigenvalue weighted by atomic mass is 10.2. The number of ether oxygens (including phenoxy) is 2. The van der Waals surface area contributed by atoms with Gasteiger partial charge in [0, 0.05) is 13.2 Å². The molecule has 0 aliphatic heterocycles. The molecule has 1 rings (SSSR count). The zero-order chi connectivity index (χ0) is 17.3. The number of halogens is 3. The largest absolute Gasteiger partial charge is 0.573 e. The SMILES string of the molecule is CC(C)COCCNC(N)=NCc1ccc(OC(F)(F)F)cc1. The van der Waals surface area contributed by atoms with Crippen molar-refractivity contribution in [1.29, 1.82) is 0 Å². The minimum absolute atomic E-state index is 0.258. The second-order valence-corrected chi connectivity index (χ2v) is 5.29. The van der Waals surface area contributed by atoms with Gasteiger partial charge in [-0.2, -0.15) is 0 Å². The summed E-state index contributed by atoms with van der Waals surface area (Å²) in [7, 11) is 0. The lowest BCUT2D eigenvalue weighted by molar-refractivity contribution is -0.274. The molecule has 23 heavy (non-hydrogen) atoms. The minimum Gasteiger partial charge on any atom is -0.406 e. The van der Waals surface area contributed by atoms with Crippen LogP contribution in [0.5, 0.6) is 5.75 Å². The molecule has 0 aliphatic carbocycles. The fourth-order valence-electron chi connectivity index (χ4n) is 1.60. The molecule has 0 heterocycles. The molecule has 8 heteroatoms. The normalized spacial score (nSPS) is 12.5. The number of rotatable bonds is 8. The van der Waals surface area contributed by atoms with Crippen LogP contribution in [0.25, 0.3) is 0 Å². The smallest absolute Gasteiger partial charge is 0.406 e. The molecule has 0 bridgehead atoms. The van der Waals surface area contributed by atoms with Crippen LogP contribution in [0.2, 0.25) is 0 Å². The van der Waals surface area contributed by atoms with E-state index in [9.17, 15) is 13.2 Å². The number of hydrogen-bond acceptors (Lipinski definition) is 3. The van der Waals surface area contributed by atoms with E-state index < -0.39 is 6.36 Å². The highest BCUT2D eigenvalue weighted by atomic mass is 19.4. The first kappa shape index (κ1) is 19.1. The van der Waals surface area contributed by atoms with Gasteiger partial charge in [-0.15, -0.1) is 13.2 Å². The molecule has 0 fully saturated rings. The van der Waals surface area contributed by atoms with E-state index in [-0.39, 0.29) is 18.3 Å².